The molecule has 1 atom stereocenters. The minimum atomic E-state index is -0.753. The minimum absolute atomic E-state index is 0.143. The third-order valence-electron chi connectivity index (χ3n) is 3.52. The molecule has 0 radical (unpaired) electrons. The van der Waals surface area contributed by atoms with Crippen LogP contribution in [0.1, 0.15) is 10.4 Å². The molecule has 2 aromatic heterocycles. The molecule has 0 aliphatic heterocycles. The third-order valence-corrected chi connectivity index (χ3v) is 4.37. The van der Waals surface area contributed by atoms with Crippen LogP contribution in [0.4, 0.5) is 0 Å². The second-order valence-electron chi connectivity index (χ2n) is 5.47. The molecule has 0 bridgehead atoms. The average Bonchev–Trinajstić information content (AvgIpc) is 3.04. The summed E-state index contributed by atoms with van der Waals surface area (Å²) in [5, 5.41) is 12.6. The van der Waals surface area contributed by atoms with Gasteiger partial charge >= 0.3 is 0 Å². The van der Waals surface area contributed by atoms with Crippen molar-refractivity contribution < 1.29 is 9.84 Å². The number of benzene rings is 1. The Bertz CT molecular complexity index is 843. The first-order chi connectivity index (χ1) is 11.1. The van der Waals surface area contributed by atoms with Crippen LogP contribution in [0, 0.1) is 6.92 Å². The highest BCUT2D eigenvalue weighted by Crippen LogP contribution is 2.11. The minimum Gasteiger partial charge on any atom is -0.389 e. The van der Waals surface area contributed by atoms with E-state index in [4.69, 9.17) is 4.74 Å². The number of nitrogens with zero attached hydrogens (tertiary/aromatic N) is 2. The van der Waals surface area contributed by atoms with Gasteiger partial charge in [-0.2, -0.15) is 0 Å². The van der Waals surface area contributed by atoms with Crippen molar-refractivity contribution in [2.24, 2.45) is 0 Å². The molecule has 0 saturated heterocycles. The van der Waals surface area contributed by atoms with Crippen molar-refractivity contribution in [3.05, 3.63) is 62.8 Å². The zero-order valence-electron chi connectivity index (χ0n) is 12.8. The van der Waals surface area contributed by atoms with E-state index in [0.29, 0.717) is 17.5 Å². The zero-order chi connectivity index (χ0) is 16.2. The van der Waals surface area contributed by atoms with Gasteiger partial charge in [-0.15, -0.1) is 11.3 Å². The lowest BCUT2D eigenvalue weighted by Gasteiger charge is -2.13. The van der Waals surface area contributed by atoms with Crippen LogP contribution in [0.25, 0.3) is 10.9 Å². The van der Waals surface area contributed by atoms with Gasteiger partial charge in [-0.3, -0.25) is 9.36 Å². The van der Waals surface area contributed by atoms with Crippen molar-refractivity contribution in [3.8, 4) is 0 Å². The zero-order valence-corrected chi connectivity index (χ0v) is 13.6. The summed E-state index contributed by atoms with van der Waals surface area (Å²) in [7, 11) is 0. The molecule has 0 spiro atoms. The number of aliphatic hydroxyl groups is 1. The lowest BCUT2D eigenvalue weighted by Crippen LogP contribution is -2.29. The number of thiophene rings is 1. The van der Waals surface area contributed by atoms with Gasteiger partial charge in [-0.25, -0.2) is 4.98 Å². The highest BCUT2D eigenvalue weighted by Gasteiger charge is 2.10. The molecule has 5 nitrogen and oxygen atoms in total. The molecule has 0 saturated carbocycles. The molecule has 2 heterocycles. The van der Waals surface area contributed by atoms with Gasteiger partial charge < -0.3 is 9.84 Å². The quantitative estimate of drug-likeness (QED) is 0.753. The van der Waals surface area contributed by atoms with Gasteiger partial charge in [0.2, 0.25) is 0 Å². The van der Waals surface area contributed by atoms with Gasteiger partial charge in [0.25, 0.3) is 5.56 Å². The molecular weight excluding hydrogens is 312 g/mol. The average molecular weight is 330 g/mol. The van der Waals surface area contributed by atoms with Crippen LogP contribution in [-0.2, 0) is 17.9 Å². The standard InChI is InChI=1S/C17H18N2O3S/c1-12-4-5-16-15(7-12)17(21)19(11-18-16)8-13(20)9-22-10-14-3-2-6-23-14/h2-7,11,13,20H,8-10H2,1H3/t13-/m1/s1. The number of fused-ring (bicyclic) bond motifs is 1. The molecule has 120 valence electrons. The molecular formula is C17H18N2O3S. The highest BCUT2D eigenvalue weighted by atomic mass is 32.1. The Morgan fingerprint density at radius 2 is 2.26 bits per heavy atom. The number of rotatable bonds is 6. The van der Waals surface area contributed by atoms with Crippen LogP contribution in [0.15, 0.2) is 46.8 Å². The summed E-state index contributed by atoms with van der Waals surface area (Å²) in [4.78, 5) is 17.8. The van der Waals surface area contributed by atoms with E-state index in [-0.39, 0.29) is 18.7 Å². The van der Waals surface area contributed by atoms with Crippen molar-refractivity contribution in [1.29, 1.82) is 0 Å². The van der Waals surface area contributed by atoms with Gasteiger partial charge in [0.05, 0.1) is 43.1 Å². The highest BCUT2D eigenvalue weighted by molar-refractivity contribution is 7.09. The third kappa shape index (κ3) is 3.85. The fourth-order valence-corrected chi connectivity index (χ4v) is 3.01. The summed E-state index contributed by atoms with van der Waals surface area (Å²) in [5.74, 6) is 0. The Morgan fingerprint density at radius 1 is 1.39 bits per heavy atom. The first-order valence-electron chi connectivity index (χ1n) is 7.37. The predicted octanol–water partition coefficient (Wildman–Crippen LogP) is 2.34. The molecule has 0 aliphatic rings. The number of hydrogen-bond donors (Lipinski definition) is 1. The van der Waals surface area contributed by atoms with Crippen molar-refractivity contribution in [1.82, 2.24) is 9.55 Å². The van der Waals surface area contributed by atoms with Crippen molar-refractivity contribution in [2.45, 2.75) is 26.2 Å². The SMILES string of the molecule is Cc1ccc2ncn(C[C@@H](O)COCc3cccs3)c(=O)c2c1. The van der Waals surface area contributed by atoms with E-state index >= 15 is 0 Å². The number of aryl methyl sites for hydroxylation is 1. The lowest BCUT2D eigenvalue weighted by molar-refractivity contribution is 0.0207. The maximum atomic E-state index is 12.4. The lowest BCUT2D eigenvalue weighted by atomic mass is 10.2. The summed E-state index contributed by atoms with van der Waals surface area (Å²) < 4.78 is 6.91. The molecule has 6 heteroatoms. The molecule has 3 rings (SSSR count). The Balaban J connectivity index is 1.66. The smallest absolute Gasteiger partial charge is 0.261 e. The van der Waals surface area contributed by atoms with Gasteiger partial charge in [0.1, 0.15) is 0 Å². The maximum Gasteiger partial charge on any atom is 0.261 e. The molecule has 3 aromatic rings. The number of aromatic nitrogens is 2. The molecule has 0 unspecified atom stereocenters. The molecule has 0 amide bonds. The van der Waals surface area contributed by atoms with E-state index in [0.717, 1.165) is 10.4 Å². The Labute approximate surface area is 137 Å². The number of aliphatic hydroxyl groups excluding tert-OH is 1. The molecule has 23 heavy (non-hydrogen) atoms. The number of ether oxygens (including phenoxy) is 1. The molecule has 0 fully saturated rings. The van der Waals surface area contributed by atoms with Crippen molar-refractivity contribution in [2.75, 3.05) is 6.61 Å². The summed E-state index contributed by atoms with van der Waals surface area (Å²) in [6, 6.07) is 9.52. The van der Waals surface area contributed by atoms with E-state index < -0.39 is 6.10 Å². The van der Waals surface area contributed by atoms with Crippen LogP contribution in [0.5, 0.6) is 0 Å². The fourth-order valence-electron chi connectivity index (χ4n) is 2.37. The molecule has 0 aliphatic carbocycles. The normalized spacial score (nSPS) is 12.6. The second-order valence-corrected chi connectivity index (χ2v) is 6.50. The van der Waals surface area contributed by atoms with Crippen LogP contribution < -0.4 is 5.56 Å². The van der Waals surface area contributed by atoms with Crippen molar-refractivity contribution in [3.63, 3.8) is 0 Å². The van der Waals surface area contributed by atoms with Crippen LogP contribution in [0.3, 0.4) is 0 Å². The molecule has 1 aromatic carbocycles. The van der Waals surface area contributed by atoms with E-state index in [1.54, 1.807) is 11.3 Å². The van der Waals surface area contributed by atoms with E-state index in [9.17, 15) is 9.90 Å². The van der Waals surface area contributed by atoms with E-state index in [1.807, 2.05) is 42.6 Å². The first kappa shape index (κ1) is 15.9. The van der Waals surface area contributed by atoms with Crippen LogP contribution in [-0.4, -0.2) is 27.4 Å². The second kappa shape index (κ2) is 7.04. The Hall–Kier alpha value is -2.02. The van der Waals surface area contributed by atoms with Gasteiger partial charge in [-0.05, 0) is 30.5 Å². The van der Waals surface area contributed by atoms with Crippen molar-refractivity contribution >= 4 is 22.2 Å². The predicted molar refractivity (Wildman–Crippen MR) is 90.7 cm³/mol. The Morgan fingerprint density at radius 3 is 3.04 bits per heavy atom. The summed E-state index contributed by atoms with van der Waals surface area (Å²) in [6.07, 6.45) is 0.722. The van der Waals surface area contributed by atoms with Crippen LogP contribution >= 0.6 is 11.3 Å². The number of hydrogen-bond acceptors (Lipinski definition) is 5. The van der Waals surface area contributed by atoms with Gasteiger partial charge in [-0.1, -0.05) is 17.7 Å². The fraction of sp³-hybridized carbons (Fsp3) is 0.294. The summed E-state index contributed by atoms with van der Waals surface area (Å²) in [5.41, 5.74) is 1.53. The molecule has 1 N–H and O–H groups in total. The maximum absolute atomic E-state index is 12.4. The Kier molecular flexibility index (Phi) is 4.85. The first-order valence-corrected chi connectivity index (χ1v) is 8.25. The summed E-state index contributed by atoms with van der Waals surface area (Å²) >= 11 is 1.61. The van der Waals surface area contributed by atoms with Gasteiger partial charge in [0.15, 0.2) is 0 Å². The van der Waals surface area contributed by atoms with E-state index in [2.05, 4.69) is 4.98 Å². The van der Waals surface area contributed by atoms with Gasteiger partial charge in [0, 0.05) is 4.88 Å². The summed E-state index contributed by atoms with van der Waals surface area (Å²) in [6.45, 7) is 2.75. The van der Waals surface area contributed by atoms with Crippen LogP contribution in [0.2, 0.25) is 0 Å². The monoisotopic (exact) mass is 330 g/mol. The topological polar surface area (TPSA) is 64.3 Å². The van der Waals surface area contributed by atoms with E-state index in [1.165, 1.54) is 10.9 Å². The largest absolute Gasteiger partial charge is 0.389 e.